The Hall–Kier alpha value is -3.02. The van der Waals surface area contributed by atoms with Gasteiger partial charge in [-0.1, -0.05) is 6.07 Å². The van der Waals surface area contributed by atoms with Crippen LogP contribution in [0.4, 0.5) is 0 Å². The molecule has 0 amide bonds. The highest BCUT2D eigenvalue weighted by atomic mass is 16.5. The fourth-order valence-corrected chi connectivity index (χ4v) is 2.80. The maximum absolute atomic E-state index is 11.1. The molecule has 0 bridgehead atoms. The van der Waals surface area contributed by atoms with Gasteiger partial charge in [0.25, 0.3) is 0 Å². The molecule has 2 aliphatic heterocycles. The monoisotopic (exact) mass is 310 g/mol. The molecule has 0 saturated heterocycles. The summed E-state index contributed by atoms with van der Waals surface area (Å²) in [5.41, 5.74) is 9.71. The lowest BCUT2D eigenvalue weighted by atomic mass is 10.0. The topological polar surface area (TPSA) is 94.1 Å². The molecule has 0 spiro atoms. The van der Waals surface area contributed by atoms with E-state index in [0.717, 1.165) is 22.3 Å². The van der Waals surface area contributed by atoms with E-state index in [1.807, 2.05) is 12.1 Å². The van der Waals surface area contributed by atoms with Gasteiger partial charge in [-0.3, -0.25) is 4.99 Å². The summed E-state index contributed by atoms with van der Waals surface area (Å²) in [7, 11) is 0. The molecule has 2 aromatic rings. The first-order valence-corrected chi connectivity index (χ1v) is 7.20. The number of carbonyl (C=O) groups is 1. The average Bonchev–Trinajstić information content (AvgIpc) is 2.89. The highest BCUT2D eigenvalue weighted by Gasteiger charge is 2.21. The highest BCUT2D eigenvalue weighted by Crippen LogP contribution is 2.36. The van der Waals surface area contributed by atoms with Gasteiger partial charge in [0.15, 0.2) is 11.5 Å². The van der Waals surface area contributed by atoms with E-state index in [9.17, 15) is 4.79 Å². The average molecular weight is 310 g/mol. The minimum atomic E-state index is -0.960. The van der Waals surface area contributed by atoms with Gasteiger partial charge in [0.1, 0.15) is 19.0 Å². The van der Waals surface area contributed by atoms with Gasteiger partial charge >= 0.3 is 5.97 Å². The number of rotatable bonds is 1. The first-order chi connectivity index (χ1) is 11.1. The third kappa shape index (κ3) is 2.28. The van der Waals surface area contributed by atoms with Crippen molar-refractivity contribution < 1.29 is 19.4 Å². The zero-order valence-corrected chi connectivity index (χ0v) is 12.2. The summed E-state index contributed by atoms with van der Waals surface area (Å²) in [5, 5.41) is 9.11. The van der Waals surface area contributed by atoms with Crippen molar-refractivity contribution in [2.24, 2.45) is 10.7 Å². The van der Waals surface area contributed by atoms with Crippen LogP contribution in [0.5, 0.6) is 11.5 Å². The van der Waals surface area contributed by atoms with E-state index in [4.69, 9.17) is 20.3 Å². The van der Waals surface area contributed by atoms with E-state index >= 15 is 0 Å². The molecule has 23 heavy (non-hydrogen) atoms. The van der Waals surface area contributed by atoms with Crippen LogP contribution in [-0.4, -0.2) is 16.9 Å². The number of aromatic carboxylic acids is 1. The van der Waals surface area contributed by atoms with Crippen LogP contribution in [0, 0.1) is 0 Å². The van der Waals surface area contributed by atoms with Crippen LogP contribution in [-0.2, 0) is 19.8 Å². The van der Waals surface area contributed by atoms with Crippen LogP contribution in [0.15, 0.2) is 35.3 Å². The molecule has 0 radical (unpaired) electrons. The lowest BCUT2D eigenvalue weighted by molar-refractivity contribution is 0.0696. The summed E-state index contributed by atoms with van der Waals surface area (Å²) in [6, 6.07) is 8.70. The van der Waals surface area contributed by atoms with Gasteiger partial charge in [-0.05, 0) is 41.0 Å². The second kappa shape index (κ2) is 5.01. The normalized spacial score (nSPS) is 15.0. The molecule has 0 aromatic heterocycles. The Labute approximate surface area is 132 Å². The van der Waals surface area contributed by atoms with Crippen LogP contribution >= 0.6 is 0 Å². The first kappa shape index (κ1) is 13.6. The molecule has 0 fully saturated rings. The Morgan fingerprint density at radius 1 is 1.04 bits per heavy atom. The van der Waals surface area contributed by atoms with Crippen molar-refractivity contribution in [3.63, 3.8) is 0 Å². The molecule has 6 nitrogen and oxygen atoms in total. The number of hydrogen-bond acceptors (Lipinski definition) is 5. The fraction of sp³-hybridized carbons (Fsp3) is 0.176. The van der Waals surface area contributed by atoms with E-state index in [0.29, 0.717) is 30.5 Å². The number of nitrogens with zero attached hydrogens (tertiary/aromatic N) is 1. The second-order valence-electron chi connectivity index (χ2n) is 5.52. The Morgan fingerprint density at radius 2 is 1.78 bits per heavy atom. The number of carboxylic acid groups (broad SMARTS) is 1. The van der Waals surface area contributed by atoms with Crippen molar-refractivity contribution in [3.05, 3.63) is 58.1 Å². The summed E-state index contributed by atoms with van der Waals surface area (Å²) < 4.78 is 11.7. The van der Waals surface area contributed by atoms with Crippen molar-refractivity contribution in [3.8, 4) is 11.5 Å². The Kier molecular flexibility index (Phi) is 2.97. The molecular weight excluding hydrogens is 296 g/mol. The molecule has 4 rings (SSSR count). The van der Waals surface area contributed by atoms with Crippen molar-refractivity contribution >= 4 is 11.8 Å². The van der Waals surface area contributed by atoms with Gasteiger partial charge in [0, 0.05) is 5.56 Å². The van der Waals surface area contributed by atoms with Crippen molar-refractivity contribution in [2.45, 2.75) is 19.8 Å². The lowest BCUT2D eigenvalue weighted by Crippen LogP contribution is -2.13. The molecule has 2 heterocycles. The van der Waals surface area contributed by atoms with E-state index in [2.05, 4.69) is 4.99 Å². The molecule has 6 heteroatoms. The molecule has 2 aromatic carbocycles. The summed E-state index contributed by atoms with van der Waals surface area (Å²) >= 11 is 0. The van der Waals surface area contributed by atoms with E-state index in [-0.39, 0.29) is 12.2 Å². The fourth-order valence-electron chi connectivity index (χ4n) is 2.80. The van der Waals surface area contributed by atoms with Gasteiger partial charge in [-0.2, -0.15) is 0 Å². The van der Waals surface area contributed by atoms with Gasteiger partial charge in [0.2, 0.25) is 0 Å². The zero-order valence-electron chi connectivity index (χ0n) is 12.2. The van der Waals surface area contributed by atoms with E-state index in [1.54, 1.807) is 18.2 Å². The SMILES string of the molecule is NC1=NCc2cc3c(cc21)OCc1cc(C(=O)O)ccc1CO3. The maximum atomic E-state index is 11.1. The molecule has 3 N–H and O–H groups in total. The largest absolute Gasteiger partial charge is 0.485 e. The Morgan fingerprint density at radius 3 is 2.57 bits per heavy atom. The standard InChI is InChI=1S/C17H14N2O4/c18-16-13-5-15-14(4-11(13)6-19-16)22-7-10-2-1-9(17(20)21)3-12(10)8-23-15/h1-5H,6-8H2,(H2,18,19)(H,20,21). The van der Waals surface area contributed by atoms with E-state index in [1.165, 1.54) is 0 Å². The van der Waals surface area contributed by atoms with Crippen LogP contribution < -0.4 is 15.2 Å². The smallest absolute Gasteiger partial charge is 0.335 e. The molecule has 2 aliphatic rings. The summed E-state index contributed by atoms with van der Waals surface area (Å²) in [5.74, 6) is 0.789. The molecule has 0 saturated carbocycles. The summed E-state index contributed by atoms with van der Waals surface area (Å²) in [6.07, 6.45) is 0. The number of ether oxygens (including phenoxy) is 2. The van der Waals surface area contributed by atoms with Crippen LogP contribution in [0.3, 0.4) is 0 Å². The van der Waals surface area contributed by atoms with Gasteiger partial charge in [-0.25, -0.2) is 4.79 Å². The van der Waals surface area contributed by atoms with Crippen molar-refractivity contribution in [1.29, 1.82) is 0 Å². The van der Waals surface area contributed by atoms with Crippen LogP contribution in [0.2, 0.25) is 0 Å². The molecular formula is C17H14N2O4. The second-order valence-corrected chi connectivity index (χ2v) is 5.52. The number of fused-ring (bicyclic) bond motifs is 3. The summed E-state index contributed by atoms with van der Waals surface area (Å²) in [6.45, 7) is 1.19. The number of aliphatic imine (C=N–C) groups is 1. The van der Waals surface area contributed by atoms with Crippen molar-refractivity contribution in [2.75, 3.05) is 0 Å². The number of amidine groups is 1. The number of nitrogens with two attached hydrogens (primary N) is 1. The highest BCUT2D eigenvalue weighted by molar-refractivity contribution is 6.01. The molecule has 116 valence electrons. The minimum absolute atomic E-state index is 0.235. The Bertz CT molecular complexity index is 858. The Balaban J connectivity index is 1.70. The van der Waals surface area contributed by atoms with Gasteiger partial charge in [-0.15, -0.1) is 0 Å². The third-order valence-electron chi connectivity index (χ3n) is 4.08. The zero-order chi connectivity index (χ0) is 16.0. The minimum Gasteiger partial charge on any atom is -0.485 e. The lowest BCUT2D eigenvalue weighted by Gasteiger charge is -2.20. The quantitative estimate of drug-likeness (QED) is 0.841. The molecule has 0 unspecified atom stereocenters. The molecule has 0 atom stereocenters. The first-order valence-electron chi connectivity index (χ1n) is 7.20. The number of benzene rings is 2. The van der Waals surface area contributed by atoms with Crippen molar-refractivity contribution in [1.82, 2.24) is 0 Å². The van der Waals surface area contributed by atoms with E-state index < -0.39 is 5.97 Å². The van der Waals surface area contributed by atoms with Gasteiger partial charge < -0.3 is 20.3 Å². The molecule has 0 aliphatic carbocycles. The summed E-state index contributed by atoms with van der Waals surface area (Å²) in [4.78, 5) is 15.3. The van der Waals surface area contributed by atoms with Crippen LogP contribution in [0.25, 0.3) is 0 Å². The predicted octanol–water partition coefficient (Wildman–Crippen LogP) is 2.08. The maximum Gasteiger partial charge on any atom is 0.335 e. The van der Waals surface area contributed by atoms with Crippen LogP contribution in [0.1, 0.15) is 32.6 Å². The predicted molar refractivity (Wildman–Crippen MR) is 82.9 cm³/mol. The number of hydrogen-bond donors (Lipinski definition) is 2. The number of carboxylic acids is 1. The third-order valence-corrected chi connectivity index (χ3v) is 4.08. The van der Waals surface area contributed by atoms with Gasteiger partial charge in [0.05, 0.1) is 12.1 Å².